The van der Waals surface area contributed by atoms with Crippen molar-refractivity contribution < 1.29 is 22.4 Å². The van der Waals surface area contributed by atoms with Gasteiger partial charge >= 0.3 is 6.18 Å². The summed E-state index contributed by atoms with van der Waals surface area (Å²) in [5.74, 6) is -1.84. The van der Waals surface area contributed by atoms with E-state index in [2.05, 4.69) is 25.5 Å². The highest BCUT2D eigenvalue weighted by Crippen LogP contribution is 2.36. The van der Waals surface area contributed by atoms with E-state index in [-0.39, 0.29) is 33.5 Å². The summed E-state index contributed by atoms with van der Waals surface area (Å²) in [6.45, 7) is 0. The van der Waals surface area contributed by atoms with Gasteiger partial charge in [0.15, 0.2) is 5.69 Å². The molecule has 0 fully saturated rings. The number of aryl methyl sites for hydroxylation is 1. The summed E-state index contributed by atoms with van der Waals surface area (Å²) < 4.78 is 58.7. The van der Waals surface area contributed by atoms with Crippen LogP contribution in [-0.4, -0.2) is 35.4 Å². The zero-order valence-corrected chi connectivity index (χ0v) is 18.8. The molecule has 5 rings (SSSR count). The van der Waals surface area contributed by atoms with Crippen LogP contribution in [-0.2, 0) is 13.2 Å². The molecule has 1 N–H and O–H groups in total. The molecule has 4 aromatic heterocycles. The number of fused-ring (bicyclic) bond motifs is 1. The molecule has 0 aliphatic heterocycles. The lowest BCUT2D eigenvalue weighted by molar-refractivity contribution is -0.143. The Morgan fingerprint density at radius 1 is 1.14 bits per heavy atom. The predicted octanol–water partition coefficient (Wildman–Crippen LogP) is 4.50. The van der Waals surface area contributed by atoms with Crippen molar-refractivity contribution >= 4 is 22.5 Å². The van der Waals surface area contributed by atoms with Crippen molar-refractivity contribution in [3.05, 3.63) is 83.8 Å². The van der Waals surface area contributed by atoms with E-state index in [1.54, 1.807) is 19.3 Å². The Hall–Kier alpha value is -5.12. The zero-order valence-electron chi connectivity index (χ0n) is 18.8. The van der Waals surface area contributed by atoms with Crippen molar-refractivity contribution in [3.8, 4) is 23.1 Å². The van der Waals surface area contributed by atoms with Gasteiger partial charge in [0.1, 0.15) is 28.8 Å². The first-order valence-electron chi connectivity index (χ1n) is 10.6. The molecule has 0 aliphatic rings. The molecular weight excluding hydrogens is 492 g/mol. The molecular formula is C24H14F4N8O. The molecule has 0 atom stereocenters. The van der Waals surface area contributed by atoms with E-state index in [0.29, 0.717) is 10.4 Å². The number of benzene rings is 1. The number of carbonyl (C=O) groups is 1. The number of pyridine rings is 2. The third-order valence-corrected chi connectivity index (χ3v) is 5.43. The van der Waals surface area contributed by atoms with Crippen LogP contribution in [0.3, 0.4) is 0 Å². The standard InChI is InChI=1S/C24H14F4N8O/c1-35-8-6-18(34-35)20-13(10-29)9-14(11-31-20)33-23(37)16-12-32-36(22(16)24(26,27)28)19-5-4-17(25)21-15(19)3-2-7-30-21/h2-9,11-12H,1H3,(H,33,37). The first-order chi connectivity index (χ1) is 17.7. The highest BCUT2D eigenvalue weighted by molar-refractivity contribution is 6.05. The van der Waals surface area contributed by atoms with Gasteiger partial charge in [-0.05, 0) is 36.4 Å². The Bertz CT molecular complexity index is 1710. The maximum absolute atomic E-state index is 14.2. The Morgan fingerprint density at radius 2 is 1.95 bits per heavy atom. The molecule has 0 aliphatic carbocycles. The lowest BCUT2D eigenvalue weighted by Gasteiger charge is -2.14. The fourth-order valence-electron chi connectivity index (χ4n) is 3.84. The number of nitrogens with zero attached hydrogens (tertiary/aromatic N) is 7. The van der Waals surface area contributed by atoms with E-state index in [9.17, 15) is 27.6 Å². The Labute approximate surface area is 205 Å². The van der Waals surface area contributed by atoms with Gasteiger partial charge in [-0.1, -0.05) is 0 Å². The summed E-state index contributed by atoms with van der Waals surface area (Å²) >= 11 is 0. The molecule has 0 saturated carbocycles. The normalized spacial score (nSPS) is 11.5. The molecule has 5 aromatic rings. The largest absolute Gasteiger partial charge is 0.434 e. The van der Waals surface area contributed by atoms with Gasteiger partial charge in [-0.2, -0.15) is 28.6 Å². The highest BCUT2D eigenvalue weighted by atomic mass is 19.4. The average Bonchev–Trinajstić information content (AvgIpc) is 3.51. The molecule has 0 unspecified atom stereocenters. The first kappa shape index (κ1) is 23.6. The van der Waals surface area contributed by atoms with Crippen molar-refractivity contribution in [2.24, 2.45) is 7.05 Å². The molecule has 184 valence electrons. The van der Waals surface area contributed by atoms with E-state index in [1.807, 2.05) is 6.07 Å². The second kappa shape index (κ2) is 8.83. The van der Waals surface area contributed by atoms with E-state index in [0.717, 1.165) is 18.3 Å². The molecule has 4 heterocycles. The minimum absolute atomic E-state index is 0.00135. The fourth-order valence-corrected chi connectivity index (χ4v) is 3.84. The number of nitrogens with one attached hydrogen (secondary N) is 1. The van der Waals surface area contributed by atoms with Crippen LogP contribution in [0.4, 0.5) is 23.2 Å². The van der Waals surface area contributed by atoms with Crippen LogP contribution in [0.15, 0.2) is 61.2 Å². The number of halogens is 4. The van der Waals surface area contributed by atoms with Gasteiger partial charge < -0.3 is 5.32 Å². The van der Waals surface area contributed by atoms with Crippen LogP contribution in [0.25, 0.3) is 28.0 Å². The minimum atomic E-state index is -5.00. The van der Waals surface area contributed by atoms with Crippen LogP contribution in [0.5, 0.6) is 0 Å². The molecule has 13 heteroatoms. The number of carbonyl (C=O) groups excluding carboxylic acids is 1. The van der Waals surface area contributed by atoms with E-state index >= 15 is 0 Å². The Balaban J connectivity index is 1.54. The number of aromatic nitrogens is 6. The number of amides is 1. The zero-order chi connectivity index (χ0) is 26.3. The molecule has 0 saturated heterocycles. The van der Waals surface area contributed by atoms with Gasteiger partial charge in [-0.3, -0.25) is 19.4 Å². The Morgan fingerprint density at radius 3 is 2.65 bits per heavy atom. The maximum atomic E-state index is 14.2. The van der Waals surface area contributed by atoms with Gasteiger partial charge in [0.05, 0.1) is 34.9 Å². The smallest absolute Gasteiger partial charge is 0.320 e. The van der Waals surface area contributed by atoms with Crippen LogP contribution >= 0.6 is 0 Å². The fraction of sp³-hybridized carbons (Fsp3) is 0.0833. The molecule has 37 heavy (non-hydrogen) atoms. The lowest BCUT2D eigenvalue weighted by Crippen LogP contribution is -2.21. The monoisotopic (exact) mass is 506 g/mol. The SMILES string of the molecule is Cn1ccc(-c2ncc(NC(=O)c3cnn(-c4ccc(F)c5ncccc45)c3C(F)(F)F)cc2C#N)n1. The van der Waals surface area contributed by atoms with Gasteiger partial charge in [0.2, 0.25) is 0 Å². The second-order valence-corrected chi connectivity index (χ2v) is 7.84. The second-order valence-electron chi connectivity index (χ2n) is 7.84. The first-order valence-corrected chi connectivity index (χ1v) is 10.6. The third-order valence-electron chi connectivity index (χ3n) is 5.43. The highest BCUT2D eigenvalue weighted by Gasteiger charge is 2.41. The van der Waals surface area contributed by atoms with Crippen molar-refractivity contribution in [2.45, 2.75) is 6.18 Å². The van der Waals surface area contributed by atoms with Crippen LogP contribution < -0.4 is 5.32 Å². The summed E-state index contributed by atoms with van der Waals surface area (Å²) in [4.78, 5) is 21.0. The summed E-state index contributed by atoms with van der Waals surface area (Å²) in [5, 5.41) is 19.9. The van der Waals surface area contributed by atoms with Gasteiger partial charge in [0.25, 0.3) is 5.91 Å². The summed E-state index contributed by atoms with van der Waals surface area (Å²) in [5.41, 5.74) is -1.66. The molecule has 1 aromatic carbocycles. The van der Waals surface area contributed by atoms with E-state index in [4.69, 9.17) is 0 Å². The number of alkyl halides is 3. The molecule has 1 amide bonds. The maximum Gasteiger partial charge on any atom is 0.434 e. The third kappa shape index (κ3) is 4.25. The topological polar surface area (TPSA) is 114 Å². The van der Waals surface area contributed by atoms with Crippen molar-refractivity contribution in [3.63, 3.8) is 0 Å². The van der Waals surface area contributed by atoms with Gasteiger partial charge in [0, 0.05) is 24.8 Å². The molecule has 9 nitrogen and oxygen atoms in total. The van der Waals surface area contributed by atoms with Gasteiger partial charge in [-0.25, -0.2) is 9.07 Å². The van der Waals surface area contributed by atoms with Crippen molar-refractivity contribution in [1.82, 2.24) is 29.5 Å². The predicted molar refractivity (Wildman–Crippen MR) is 123 cm³/mol. The minimum Gasteiger partial charge on any atom is -0.320 e. The van der Waals surface area contributed by atoms with E-state index < -0.39 is 29.2 Å². The molecule has 0 radical (unpaired) electrons. The van der Waals surface area contributed by atoms with Gasteiger partial charge in [-0.15, -0.1) is 0 Å². The lowest BCUT2D eigenvalue weighted by atomic mass is 10.1. The summed E-state index contributed by atoms with van der Waals surface area (Å²) in [6.07, 6.45) is -0.0513. The molecule has 0 spiro atoms. The number of anilines is 1. The molecule has 0 bridgehead atoms. The Kier molecular flexibility index (Phi) is 5.63. The van der Waals surface area contributed by atoms with Crippen LogP contribution in [0.2, 0.25) is 0 Å². The van der Waals surface area contributed by atoms with Crippen molar-refractivity contribution in [2.75, 3.05) is 5.32 Å². The number of rotatable bonds is 4. The summed E-state index contributed by atoms with van der Waals surface area (Å²) in [6, 6.07) is 9.82. The van der Waals surface area contributed by atoms with Crippen LogP contribution in [0.1, 0.15) is 21.6 Å². The number of nitriles is 1. The quantitative estimate of drug-likeness (QED) is 0.359. The van der Waals surface area contributed by atoms with E-state index in [1.165, 1.54) is 35.3 Å². The number of hydrogen-bond donors (Lipinski definition) is 1. The van der Waals surface area contributed by atoms with Crippen LogP contribution in [0, 0.1) is 17.1 Å². The summed E-state index contributed by atoms with van der Waals surface area (Å²) in [7, 11) is 1.69. The average molecular weight is 506 g/mol. The number of hydrogen-bond acceptors (Lipinski definition) is 6. The van der Waals surface area contributed by atoms with Crippen molar-refractivity contribution in [1.29, 1.82) is 5.26 Å².